The highest BCUT2D eigenvalue weighted by Crippen LogP contribution is 2.14. The van der Waals surface area contributed by atoms with Crippen LogP contribution in [0.3, 0.4) is 0 Å². The second-order valence-electron chi connectivity index (χ2n) is 5.78. The summed E-state index contributed by atoms with van der Waals surface area (Å²) < 4.78 is 23.6. The number of carbonyl (C=O) groups excluding carboxylic acids is 1. The molecule has 6 heteroatoms. The molecule has 1 unspecified atom stereocenters. The molecule has 1 heterocycles. The van der Waals surface area contributed by atoms with Crippen molar-refractivity contribution in [3.8, 4) is 5.75 Å². The van der Waals surface area contributed by atoms with Crippen LogP contribution in [0.15, 0.2) is 18.3 Å². The first-order valence-corrected chi connectivity index (χ1v) is 6.93. The SMILES string of the molecule is CCC(COc1ccc(F)nc1)N(C)C(=O)OC(C)(C)C. The predicted octanol–water partition coefficient (Wildman–Crippen LogP) is 3.25. The van der Waals surface area contributed by atoms with E-state index in [1.54, 1.807) is 7.05 Å². The Morgan fingerprint density at radius 2 is 2.10 bits per heavy atom. The van der Waals surface area contributed by atoms with Crippen molar-refractivity contribution in [2.75, 3.05) is 13.7 Å². The van der Waals surface area contributed by atoms with Crippen molar-refractivity contribution in [3.05, 3.63) is 24.3 Å². The van der Waals surface area contributed by atoms with Crippen molar-refractivity contribution in [2.24, 2.45) is 0 Å². The van der Waals surface area contributed by atoms with Gasteiger partial charge in [0.15, 0.2) is 0 Å². The normalized spacial score (nSPS) is 12.7. The molecule has 0 aliphatic heterocycles. The molecule has 5 nitrogen and oxygen atoms in total. The Balaban J connectivity index is 2.57. The molecule has 1 amide bonds. The van der Waals surface area contributed by atoms with Crippen molar-refractivity contribution < 1.29 is 18.7 Å². The summed E-state index contributed by atoms with van der Waals surface area (Å²) in [7, 11) is 1.68. The third kappa shape index (κ3) is 5.97. The molecule has 1 aromatic rings. The minimum atomic E-state index is -0.555. The van der Waals surface area contributed by atoms with Gasteiger partial charge in [0.2, 0.25) is 5.95 Å². The van der Waals surface area contributed by atoms with Crippen LogP contribution in [0.5, 0.6) is 5.75 Å². The molecule has 21 heavy (non-hydrogen) atoms. The van der Waals surface area contributed by atoms with Gasteiger partial charge in [-0.1, -0.05) is 6.92 Å². The van der Waals surface area contributed by atoms with Gasteiger partial charge < -0.3 is 14.4 Å². The lowest BCUT2D eigenvalue weighted by Crippen LogP contribution is -2.43. The monoisotopic (exact) mass is 298 g/mol. The van der Waals surface area contributed by atoms with Gasteiger partial charge in [0.05, 0.1) is 12.2 Å². The van der Waals surface area contributed by atoms with Crippen molar-refractivity contribution in [1.29, 1.82) is 0 Å². The van der Waals surface area contributed by atoms with E-state index in [0.29, 0.717) is 18.8 Å². The second-order valence-corrected chi connectivity index (χ2v) is 5.78. The van der Waals surface area contributed by atoms with Crippen LogP contribution in [0.2, 0.25) is 0 Å². The van der Waals surface area contributed by atoms with Crippen LogP contribution in [0, 0.1) is 5.95 Å². The number of pyridine rings is 1. The number of nitrogens with zero attached hydrogens (tertiary/aromatic N) is 2. The molecule has 1 aromatic heterocycles. The lowest BCUT2D eigenvalue weighted by Gasteiger charge is -2.30. The maximum atomic E-state index is 12.7. The third-order valence-electron chi connectivity index (χ3n) is 2.84. The summed E-state index contributed by atoms with van der Waals surface area (Å²) >= 11 is 0. The van der Waals surface area contributed by atoms with Gasteiger partial charge in [-0.15, -0.1) is 0 Å². The molecule has 0 N–H and O–H groups in total. The number of rotatable bonds is 5. The lowest BCUT2D eigenvalue weighted by molar-refractivity contribution is 0.0171. The van der Waals surface area contributed by atoms with Gasteiger partial charge in [-0.3, -0.25) is 0 Å². The van der Waals surface area contributed by atoms with Gasteiger partial charge in [-0.25, -0.2) is 9.78 Å². The summed E-state index contributed by atoms with van der Waals surface area (Å²) in [6, 6.07) is 2.60. The molecule has 1 atom stereocenters. The molecule has 0 aromatic carbocycles. The summed E-state index contributed by atoms with van der Waals surface area (Å²) in [5, 5.41) is 0. The summed E-state index contributed by atoms with van der Waals surface area (Å²) in [6.07, 6.45) is 1.63. The highest BCUT2D eigenvalue weighted by Gasteiger charge is 2.24. The van der Waals surface area contributed by atoms with Crippen molar-refractivity contribution in [3.63, 3.8) is 0 Å². The topological polar surface area (TPSA) is 51.7 Å². The Kier molecular flexibility index (Phi) is 5.93. The first-order chi connectivity index (χ1) is 9.73. The number of halogens is 1. The van der Waals surface area contributed by atoms with Crippen LogP contribution in [-0.4, -0.2) is 41.3 Å². The Morgan fingerprint density at radius 1 is 1.43 bits per heavy atom. The van der Waals surface area contributed by atoms with Gasteiger partial charge >= 0.3 is 6.09 Å². The zero-order chi connectivity index (χ0) is 16.0. The standard InChI is InChI=1S/C15H23FN2O3/c1-6-11(18(5)14(19)21-15(2,3)4)10-20-12-7-8-13(16)17-9-12/h7-9,11H,6,10H2,1-5H3. The minimum absolute atomic E-state index is 0.134. The average Bonchev–Trinajstić information content (AvgIpc) is 2.39. The highest BCUT2D eigenvalue weighted by atomic mass is 19.1. The van der Waals surface area contributed by atoms with E-state index < -0.39 is 17.6 Å². The molecular formula is C15H23FN2O3. The van der Waals surface area contributed by atoms with E-state index in [2.05, 4.69) is 4.98 Å². The molecule has 0 radical (unpaired) electrons. The number of aromatic nitrogens is 1. The number of likely N-dealkylation sites (N-methyl/N-ethyl adjacent to an activating group) is 1. The summed E-state index contributed by atoms with van der Waals surface area (Å²) in [6.45, 7) is 7.71. The van der Waals surface area contributed by atoms with E-state index >= 15 is 0 Å². The Hall–Kier alpha value is -1.85. The van der Waals surface area contributed by atoms with Crippen molar-refractivity contribution in [2.45, 2.75) is 45.8 Å². The van der Waals surface area contributed by atoms with Gasteiger partial charge in [-0.05, 0) is 39.3 Å². The maximum absolute atomic E-state index is 12.7. The number of hydrogen-bond donors (Lipinski definition) is 0. The Labute approximate surface area is 125 Å². The van der Waals surface area contributed by atoms with Gasteiger partial charge in [0.25, 0.3) is 0 Å². The minimum Gasteiger partial charge on any atom is -0.490 e. The summed E-state index contributed by atoms with van der Waals surface area (Å²) in [5.41, 5.74) is -0.536. The maximum Gasteiger partial charge on any atom is 0.410 e. The smallest absolute Gasteiger partial charge is 0.410 e. The summed E-state index contributed by atoms with van der Waals surface area (Å²) in [5.74, 6) is -0.0901. The molecule has 0 saturated heterocycles. The number of ether oxygens (including phenoxy) is 2. The zero-order valence-corrected chi connectivity index (χ0v) is 13.2. The second kappa shape index (κ2) is 7.24. The fourth-order valence-electron chi connectivity index (χ4n) is 1.63. The fourth-order valence-corrected chi connectivity index (χ4v) is 1.63. The molecule has 0 aliphatic carbocycles. The van der Waals surface area contributed by atoms with Crippen LogP contribution in [0.25, 0.3) is 0 Å². The van der Waals surface area contributed by atoms with E-state index in [1.807, 2.05) is 27.7 Å². The van der Waals surface area contributed by atoms with E-state index in [1.165, 1.54) is 23.2 Å². The molecule has 0 saturated carbocycles. The quantitative estimate of drug-likeness (QED) is 0.783. The van der Waals surface area contributed by atoms with Gasteiger partial charge in [-0.2, -0.15) is 4.39 Å². The molecule has 0 bridgehead atoms. The molecular weight excluding hydrogens is 275 g/mol. The molecule has 1 rings (SSSR count). The Bertz CT molecular complexity index is 457. The van der Waals surface area contributed by atoms with E-state index in [0.717, 1.165) is 0 Å². The lowest BCUT2D eigenvalue weighted by atomic mass is 10.2. The molecule has 0 aliphatic rings. The molecule has 0 fully saturated rings. The van der Waals surface area contributed by atoms with Crippen LogP contribution < -0.4 is 4.74 Å². The first-order valence-electron chi connectivity index (χ1n) is 6.93. The van der Waals surface area contributed by atoms with Crippen LogP contribution in [0.4, 0.5) is 9.18 Å². The van der Waals surface area contributed by atoms with Gasteiger partial charge in [0.1, 0.15) is 18.0 Å². The highest BCUT2D eigenvalue weighted by molar-refractivity contribution is 5.68. The van der Waals surface area contributed by atoms with Crippen molar-refractivity contribution in [1.82, 2.24) is 9.88 Å². The number of amides is 1. The number of carbonyl (C=O) groups is 1. The molecule has 0 spiro atoms. The van der Waals surface area contributed by atoms with E-state index in [-0.39, 0.29) is 6.04 Å². The molecule has 118 valence electrons. The van der Waals surface area contributed by atoms with E-state index in [9.17, 15) is 9.18 Å². The predicted molar refractivity (Wildman–Crippen MR) is 77.8 cm³/mol. The van der Waals surface area contributed by atoms with Gasteiger partial charge in [0, 0.05) is 7.05 Å². The third-order valence-corrected chi connectivity index (χ3v) is 2.84. The van der Waals surface area contributed by atoms with Crippen LogP contribution >= 0.6 is 0 Å². The summed E-state index contributed by atoms with van der Waals surface area (Å²) in [4.78, 5) is 17.0. The van der Waals surface area contributed by atoms with Crippen molar-refractivity contribution >= 4 is 6.09 Å². The first kappa shape index (κ1) is 17.2. The largest absolute Gasteiger partial charge is 0.490 e. The number of hydrogen-bond acceptors (Lipinski definition) is 4. The average molecular weight is 298 g/mol. The van der Waals surface area contributed by atoms with Crippen LogP contribution in [-0.2, 0) is 4.74 Å². The van der Waals surface area contributed by atoms with E-state index in [4.69, 9.17) is 9.47 Å². The fraction of sp³-hybridized carbons (Fsp3) is 0.600. The Morgan fingerprint density at radius 3 is 2.57 bits per heavy atom. The zero-order valence-electron chi connectivity index (χ0n) is 13.2. The van der Waals surface area contributed by atoms with Crippen LogP contribution in [0.1, 0.15) is 34.1 Å².